The van der Waals surface area contributed by atoms with Crippen molar-refractivity contribution in [1.82, 2.24) is 0 Å². The van der Waals surface area contributed by atoms with Crippen LogP contribution in [0.4, 0.5) is 17.1 Å². The van der Waals surface area contributed by atoms with E-state index in [9.17, 15) is 0 Å². The summed E-state index contributed by atoms with van der Waals surface area (Å²) in [5.41, 5.74) is 22.7. The number of benzene rings is 8. The monoisotopic (exact) mass is 767 g/mol. The third-order valence-electron chi connectivity index (χ3n) is 16.3. The van der Waals surface area contributed by atoms with Crippen molar-refractivity contribution in [3.8, 4) is 44.5 Å². The number of hydrogen-bond acceptors (Lipinski definition) is 1. The van der Waals surface area contributed by atoms with Crippen LogP contribution < -0.4 is 4.90 Å². The van der Waals surface area contributed by atoms with Gasteiger partial charge < -0.3 is 4.90 Å². The Balaban J connectivity index is 0.993. The molecule has 7 aliphatic rings. The molecule has 8 aromatic carbocycles. The third kappa shape index (κ3) is 4.18. The predicted octanol–water partition coefficient (Wildman–Crippen LogP) is 14.9. The van der Waals surface area contributed by atoms with Crippen LogP contribution in [0.1, 0.15) is 65.5 Å². The molecule has 0 amide bonds. The summed E-state index contributed by atoms with van der Waals surface area (Å²) in [6.45, 7) is 0. The number of fused-ring (bicyclic) bond motifs is 13. The van der Waals surface area contributed by atoms with Crippen LogP contribution in [0, 0.1) is 23.7 Å². The van der Waals surface area contributed by atoms with Crippen LogP contribution >= 0.6 is 0 Å². The smallest absolute Gasteiger partial charge is 0.0726 e. The van der Waals surface area contributed by atoms with Crippen molar-refractivity contribution in [2.75, 3.05) is 4.90 Å². The predicted molar refractivity (Wildman–Crippen MR) is 246 cm³/mol. The average Bonchev–Trinajstić information content (AvgIpc) is 3.89. The first-order valence-electron chi connectivity index (χ1n) is 22.3. The van der Waals surface area contributed by atoms with E-state index in [1.54, 1.807) is 11.1 Å². The summed E-state index contributed by atoms with van der Waals surface area (Å²) in [5.74, 6) is 3.35. The van der Waals surface area contributed by atoms with E-state index < -0.39 is 5.41 Å². The Morgan fingerprint density at radius 2 is 0.750 bits per heavy atom. The highest BCUT2D eigenvalue weighted by molar-refractivity contribution is 5.97. The summed E-state index contributed by atoms with van der Waals surface area (Å²) in [7, 11) is 0. The second-order valence-corrected chi connectivity index (χ2v) is 18.8. The van der Waals surface area contributed by atoms with Gasteiger partial charge in [0.15, 0.2) is 0 Å². The van der Waals surface area contributed by atoms with Gasteiger partial charge in [-0.1, -0.05) is 152 Å². The van der Waals surface area contributed by atoms with Gasteiger partial charge in [0.05, 0.1) is 5.41 Å². The van der Waals surface area contributed by atoms with Crippen molar-refractivity contribution in [3.05, 3.63) is 221 Å². The first-order valence-corrected chi connectivity index (χ1v) is 22.3. The van der Waals surface area contributed by atoms with E-state index in [2.05, 4.69) is 193 Å². The zero-order valence-electron chi connectivity index (χ0n) is 33.7. The van der Waals surface area contributed by atoms with Crippen LogP contribution in [0.3, 0.4) is 0 Å². The van der Waals surface area contributed by atoms with Gasteiger partial charge in [-0.25, -0.2) is 0 Å². The zero-order valence-corrected chi connectivity index (χ0v) is 33.7. The van der Waals surface area contributed by atoms with Crippen LogP contribution in [-0.2, 0) is 10.8 Å². The highest BCUT2D eigenvalue weighted by Crippen LogP contribution is 2.70. The Morgan fingerprint density at radius 3 is 1.35 bits per heavy atom. The molecule has 4 bridgehead atoms. The number of rotatable bonds is 4. The van der Waals surface area contributed by atoms with Gasteiger partial charge in [0.1, 0.15) is 0 Å². The molecule has 4 saturated carbocycles. The minimum Gasteiger partial charge on any atom is -0.310 e. The van der Waals surface area contributed by atoms with E-state index in [1.807, 2.05) is 0 Å². The molecule has 0 heterocycles. The van der Waals surface area contributed by atoms with E-state index in [4.69, 9.17) is 0 Å². The Kier molecular flexibility index (Phi) is 6.72. The summed E-state index contributed by atoms with van der Waals surface area (Å²) in [5, 5.41) is 0. The minimum absolute atomic E-state index is 0.148. The number of anilines is 3. The summed E-state index contributed by atoms with van der Waals surface area (Å²) >= 11 is 0. The Bertz CT molecular complexity index is 2970. The van der Waals surface area contributed by atoms with E-state index in [0.717, 1.165) is 23.7 Å². The van der Waals surface area contributed by atoms with Gasteiger partial charge in [0.2, 0.25) is 0 Å². The molecule has 0 unspecified atom stereocenters. The average molecular weight is 768 g/mol. The maximum Gasteiger partial charge on any atom is 0.0726 e. The largest absolute Gasteiger partial charge is 0.310 e. The molecule has 0 saturated heterocycles. The maximum atomic E-state index is 2.58. The zero-order chi connectivity index (χ0) is 39.2. The van der Waals surface area contributed by atoms with Gasteiger partial charge in [-0.2, -0.15) is 0 Å². The summed E-state index contributed by atoms with van der Waals surface area (Å²) in [6.07, 6.45) is 7.06. The molecule has 60 heavy (non-hydrogen) atoms. The first kappa shape index (κ1) is 33.4. The van der Waals surface area contributed by atoms with Gasteiger partial charge in [0.25, 0.3) is 0 Å². The quantitative estimate of drug-likeness (QED) is 0.172. The fourth-order valence-corrected chi connectivity index (χ4v) is 14.4. The fourth-order valence-electron chi connectivity index (χ4n) is 14.4. The maximum absolute atomic E-state index is 2.58. The normalized spacial score (nSPS) is 23.5. The number of hydrogen-bond donors (Lipinski definition) is 0. The minimum atomic E-state index is -0.402. The van der Waals surface area contributed by atoms with Crippen LogP contribution in [0.25, 0.3) is 44.5 Å². The molecule has 2 spiro atoms. The summed E-state index contributed by atoms with van der Waals surface area (Å²) in [4.78, 5) is 2.54. The molecule has 1 heteroatoms. The van der Waals surface area contributed by atoms with Gasteiger partial charge in [-0.05, 0) is 170 Å². The van der Waals surface area contributed by atoms with Gasteiger partial charge >= 0.3 is 0 Å². The SMILES string of the molecule is c1ccc(-c2ccc(N(c3ccc4c(c3)-c3ccccc3C43C4CC5CC(C4)CC3C5)c3ccc4c(c3)C3(c5ccccc5-c5ccccc53)c3ccccc3-4)cc2)cc1. The van der Waals surface area contributed by atoms with Gasteiger partial charge in [-0.15, -0.1) is 0 Å². The summed E-state index contributed by atoms with van der Waals surface area (Å²) in [6, 6.07) is 72.0. The Morgan fingerprint density at radius 1 is 0.317 bits per heavy atom. The molecule has 0 radical (unpaired) electrons. The standard InChI is InChI=1S/C59H45N/c1-2-12-39(13-3-1)40-22-24-43(25-23-40)60(44-27-29-56-51(35-44)49-17-7-8-18-52(49)58(56)41-31-37-30-38(33-41)34-42(58)32-37)45-26-28-50-48-16-6-11-21-55(48)59(57(50)36-45)53-19-9-4-14-46(53)47-15-5-10-20-54(47)59/h1-29,35-38,41-42H,30-34H2. The van der Waals surface area contributed by atoms with Crippen molar-refractivity contribution in [3.63, 3.8) is 0 Å². The molecule has 4 fully saturated rings. The van der Waals surface area contributed by atoms with Crippen LogP contribution in [0.5, 0.6) is 0 Å². The van der Waals surface area contributed by atoms with E-state index in [-0.39, 0.29) is 5.41 Å². The van der Waals surface area contributed by atoms with Gasteiger partial charge in [-0.3, -0.25) is 0 Å². The molecule has 0 aliphatic heterocycles. The second kappa shape index (κ2) is 12.1. The lowest BCUT2D eigenvalue weighted by molar-refractivity contribution is -0.0399. The molecule has 0 N–H and O–H groups in total. The second-order valence-electron chi connectivity index (χ2n) is 18.8. The highest BCUT2D eigenvalue weighted by Gasteiger charge is 2.61. The van der Waals surface area contributed by atoms with Crippen molar-refractivity contribution in [1.29, 1.82) is 0 Å². The topological polar surface area (TPSA) is 3.24 Å². The third-order valence-corrected chi connectivity index (χ3v) is 16.3. The summed E-state index contributed by atoms with van der Waals surface area (Å²) < 4.78 is 0. The first-order chi connectivity index (χ1) is 29.7. The molecular formula is C59H45N. The lowest BCUT2D eigenvalue weighted by Gasteiger charge is -2.61. The van der Waals surface area contributed by atoms with Crippen molar-refractivity contribution in [2.24, 2.45) is 23.7 Å². The van der Waals surface area contributed by atoms with Gasteiger partial charge in [0, 0.05) is 22.5 Å². The van der Waals surface area contributed by atoms with Crippen molar-refractivity contribution < 1.29 is 0 Å². The van der Waals surface area contributed by atoms with Crippen molar-refractivity contribution in [2.45, 2.75) is 42.9 Å². The Hall–Kier alpha value is -6.44. The molecule has 286 valence electrons. The molecule has 0 atom stereocenters. The Labute approximate surface area is 353 Å². The van der Waals surface area contributed by atoms with Crippen LogP contribution in [0.15, 0.2) is 188 Å². The molecule has 1 nitrogen and oxygen atoms in total. The van der Waals surface area contributed by atoms with Crippen LogP contribution in [0.2, 0.25) is 0 Å². The van der Waals surface area contributed by atoms with E-state index >= 15 is 0 Å². The van der Waals surface area contributed by atoms with Crippen LogP contribution in [-0.4, -0.2) is 0 Å². The lowest BCUT2D eigenvalue weighted by atomic mass is 9.43. The fraction of sp³-hybridized carbons (Fsp3) is 0.186. The van der Waals surface area contributed by atoms with E-state index in [1.165, 1.54) is 116 Å². The lowest BCUT2D eigenvalue weighted by Crippen LogP contribution is -2.55. The molecular weight excluding hydrogens is 723 g/mol. The molecule has 8 aromatic rings. The highest BCUT2D eigenvalue weighted by atomic mass is 15.1. The van der Waals surface area contributed by atoms with E-state index in [0.29, 0.717) is 0 Å². The molecule has 7 aliphatic carbocycles. The molecule has 0 aromatic heterocycles. The van der Waals surface area contributed by atoms with Crippen molar-refractivity contribution >= 4 is 17.1 Å². The number of nitrogens with zero attached hydrogens (tertiary/aromatic N) is 1. The molecule has 15 rings (SSSR count).